The third-order valence-electron chi connectivity index (χ3n) is 2.36. The molecule has 0 saturated heterocycles. The minimum atomic E-state index is -0.239. The predicted octanol–water partition coefficient (Wildman–Crippen LogP) is 2.06. The van der Waals surface area contributed by atoms with E-state index in [1.165, 1.54) is 12.1 Å². The molecule has 1 heterocycles. The summed E-state index contributed by atoms with van der Waals surface area (Å²) in [6, 6.07) is 4.67. The fraction of sp³-hybridized carbons (Fsp3) is 0.300. The Kier molecular flexibility index (Phi) is 2.54. The van der Waals surface area contributed by atoms with Crippen LogP contribution in [0.25, 0.3) is 0 Å². The number of hydrogen-bond acceptors (Lipinski definition) is 1. The second kappa shape index (κ2) is 3.69. The first-order valence-corrected chi connectivity index (χ1v) is 5.44. The van der Waals surface area contributed by atoms with Gasteiger partial charge in [0.15, 0.2) is 0 Å². The SMILES string of the molecule is O=C(CBr)N1Cc2ccc(F)cc2C1. The number of fused-ring (bicyclic) bond motifs is 1. The molecule has 0 fully saturated rings. The average Bonchev–Trinajstić information content (AvgIpc) is 2.59. The molecular formula is C10H9BrFNO. The molecule has 0 saturated carbocycles. The van der Waals surface area contributed by atoms with Crippen molar-refractivity contribution in [2.24, 2.45) is 0 Å². The summed E-state index contributed by atoms with van der Waals surface area (Å²) in [5.74, 6) is -0.196. The predicted molar refractivity (Wildman–Crippen MR) is 54.4 cm³/mol. The van der Waals surface area contributed by atoms with Crippen molar-refractivity contribution in [1.29, 1.82) is 0 Å². The van der Waals surface area contributed by atoms with Gasteiger partial charge in [0.2, 0.25) is 5.91 Å². The lowest BCUT2D eigenvalue weighted by Gasteiger charge is -2.12. The van der Waals surface area contributed by atoms with Crippen LogP contribution in [0.2, 0.25) is 0 Å². The maximum absolute atomic E-state index is 12.9. The van der Waals surface area contributed by atoms with Crippen molar-refractivity contribution in [3.05, 3.63) is 35.1 Å². The molecule has 0 N–H and O–H groups in total. The molecule has 2 rings (SSSR count). The van der Waals surface area contributed by atoms with Crippen LogP contribution in [-0.4, -0.2) is 16.1 Å². The molecule has 0 spiro atoms. The van der Waals surface area contributed by atoms with Crippen molar-refractivity contribution in [3.8, 4) is 0 Å². The number of amides is 1. The Balaban J connectivity index is 2.22. The molecule has 0 aliphatic carbocycles. The van der Waals surface area contributed by atoms with Crippen LogP contribution in [0.3, 0.4) is 0 Å². The van der Waals surface area contributed by atoms with E-state index in [4.69, 9.17) is 0 Å². The Hall–Kier alpha value is -0.900. The summed E-state index contributed by atoms with van der Waals surface area (Å²) in [5.41, 5.74) is 1.96. The largest absolute Gasteiger partial charge is 0.333 e. The number of rotatable bonds is 1. The summed E-state index contributed by atoms with van der Waals surface area (Å²) >= 11 is 3.12. The van der Waals surface area contributed by atoms with Gasteiger partial charge in [-0.25, -0.2) is 4.39 Å². The minimum Gasteiger partial charge on any atom is -0.333 e. The highest BCUT2D eigenvalue weighted by atomic mass is 79.9. The molecule has 0 bridgehead atoms. The monoisotopic (exact) mass is 257 g/mol. The number of nitrogens with zero attached hydrogens (tertiary/aromatic N) is 1. The molecule has 14 heavy (non-hydrogen) atoms. The minimum absolute atomic E-state index is 0.0432. The molecule has 2 nitrogen and oxygen atoms in total. The highest BCUT2D eigenvalue weighted by Crippen LogP contribution is 2.23. The van der Waals surface area contributed by atoms with Crippen molar-refractivity contribution < 1.29 is 9.18 Å². The van der Waals surface area contributed by atoms with Crippen LogP contribution in [0.15, 0.2) is 18.2 Å². The Labute approximate surface area is 89.8 Å². The van der Waals surface area contributed by atoms with E-state index in [-0.39, 0.29) is 11.7 Å². The number of benzene rings is 1. The summed E-state index contributed by atoms with van der Waals surface area (Å²) in [6.07, 6.45) is 0. The van der Waals surface area contributed by atoms with Crippen molar-refractivity contribution in [2.75, 3.05) is 5.33 Å². The van der Waals surface area contributed by atoms with Gasteiger partial charge in [-0.15, -0.1) is 0 Å². The van der Waals surface area contributed by atoms with Crippen molar-refractivity contribution in [3.63, 3.8) is 0 Å². The van der Waals surface area contributed by atoms with Crippen molar-refractivity contribution in [1.82, 2.24) is 4.90 Å². The Morgan fingerprint density at radius 3 is 2.86 bits per heavy atom. The van der Waals surface area contributed by atoms with Gasteiger partial charge >= 0.3 is 0 Å². The van der Waals surface area contributed by atoms with E-state index in [2.05, 4.69) is 15.9 Å². The van der Waals surface area contributed by atoms with Gasteiger partial charge in [0.1, 0.15) is 5.82 Å². The Bertz CT molecular complexity index is 380. The lowest BCUT2D eigenvalue weighted by molar-refractivity contribution is -0.128. The first-order valence-electron chi connectivity index (χ1n) is 4.32. The normalized spacial score (nSPS) is 14.3. The molecule has 0 radical (unpaired) electrons. The fourth-order valence-corrected chi connectivity index (χ4v) is 1.98. The van der Waals surface area contributed by atoms with Gasteiger partial charge in [0.05, 0.1) is 5.33 Å². The highest BCUT2D eigenvalue weighted by molar-refractivity contribution is 9.09. The van der Waals surface area contributed by atoms with E-state index < -0.39 is 0 Å². The second-order valence-corrected chi connectivity index (χ2v) is 3.86. The zero-order valence-electron chi connectivity index (χ0n) is 7.46. The summed E-state index contributed by atoms with van der Waals surface area (Å²) in [5, 5.41) is 0.323. The summed E-state index contributed by atoms with van der Waals surface area (Å²) in [6.45, 7) is 1.12. The maximum Gasteiger partial charge on any atom is 0.233 e. The quantitative estimate of drug-likeness (QED) is 0.706. The van der Waals surface area contributed by atoms with Gasteiger partial charge in [-0.1, -0.05) is 22.0 Å². The first kappa shape index (κ1) is 9.65. The van der Waals surface area contributed by atoms with Crippen LogP contribution >= 0.6 is 15.9 Å². The molecule has 1 amide bonds. The first-order chi connectivity index (χ1) is 6.70. The lowest BCUT2D eigenvalue weighted by atomic mass is 10.1. The van der Waals surface area contributed by atoms with Crippen LogP contribution in [0.1, 0.15) is 11.1 Å². The molecule has 4 heteroatoms. The third kappa shape index (κ3) is 1.66. The number of halogens is 2. The van der Waals surface area contributed by atoms with Gasteiger partial charge in [0.25, 0.3) is 0 Å². The topological polar surface area (TPSA) is 20.3 Å². The molecule has 1 aromatic carbocycles. The van der Waals surface area contributed by atoms with Crippen molar-refractivity contribution >= 4 is 21.8 Å². The van der Waals surface area contributed by atoms with Gasteiger partial charge in [-0.05, 0) is 23.3 Å². The van der Waals surface area contributed by atoms with Crippen LogP contribution in [0.4, 0.5) is 4.39 Å². The smallest absolute Gasteiger partial charge is 0.233 e. The van der Waals surface area contributed by atoms with E-state index in [9.17, 15) is 9.18 Å². The zero-order valence-corrected chi connectivity index (χ0v) is 9.05. The summed E-state index contributed by atoms with van der Waals surface area (Å²) in [7, 11) is 0. The van der Waals surface area contributed by atoms with Gasteiger partial charge < -0.3 is 4.90 Å². The van der Waals surface area contributed by atoms with Crippen LogP contribution in [-0.2, 0) is 17.9 Å². The summed E-state index contributed by atoms with van der Waals surface area (Å²) in [4.78, 5) is 13.1. The molecule has 1 aromatic rings. The molecule has 74 valence electrons. The molecular weight excluding hydrogens is 249 g/mol. The lowest BCUT2D eigenvalue weighted by Crippen LogP contribution is -2.25. The summed E-state index contributed by atoms with van der Waals surface area (Å²) < 4.78 is 12.9. The number of carbonyl (C=O) groups excluding carboxylic acids is 1. The van der Waals surface area contributed by atoms with E-state index >= 15 is 0 Å². The van der Waals surface area contributed by atoms with E-state index in [1.807, 2.05) is 0 Å². The zero-order chi connectivity index (χ0) is 10.1. The second-order valence-electron chi connectivity index (χ2n) is 3.30. The Morgan fingerprint density at radius 2 is 2.14 bits per heavy atom. The maximum atomic E-state index is 12.9. The van der Waals surface area contributed by atoms with Crippen LogP contribution in [0.5, 0.6) is 0 Å². The molecule has 1 aliphatic rings. The van der Waals surface area contributed by atoms with E-state index in [0.29, 0.717) is 18.4 Å². The number of carbonyl (C=O) groups is 1. The number of alkyl halides is 1. The molecule has 0 aromatic heterocycles. The Morgan fingerprint density at radius 1 is 1.43 bits per heavy atom. The van der Waals surface area contributed by atoms with E-state index in [0.717, 1.165) is 11.1 Å². The van der Waals surface area contributed by atoms with E-state index in [1.54, 1.807) is 11.0 Å². The molecule has 0 atom stereocenters. The van der Waals surface area contributed by atoms with Crippen molar-refractivity contribution in [2.45, 2.75) is 13.1 Å². The van der Waals surface area contributed by atoms with Gasteiger partial charge in [-0.2, -0.15) is 0 Å². The van der Waals surface area contributed by atoms with Crippen LogP contribution < -0.4 is 0 Å². The molecule has 0 unspecified atom stereocenters. The number of hydrogen-bond donors (Lipinski definition) is 0. The molecule has 1 aliphatic heterocycles. The average molecular weight is 258 g/mol. The fourth-order valence-electron chi connectivity index (χ4n) is 1.62. The highest BCUT2D eigenvalue weighted by Gasteiger charge is 2.22. The van der Waals surface area contributed by atoms with Crippen LogP contribution in [0, 0.1) is 5.82 Å². The third-order valence-corrected chi connectivity index (χ3v) is 2.84. The van der Waals surface area contributed by atoms with Gasteiger partial charge in [0, 0.05) is 13.1 Å². The standard InChI is InChI=1S/C10H9BrFNO/c11-4-10(14)13-5-7-1-2-9(12)3-8(7)6-13/h1-3H,4-6H2. The van der Waals surface area contributed by atoms with Gasteiger partial charge in [-0.3, -0.25) is 4.79 Å².